The van der Waals surface area contributed by atoms with E-state index in [1.54, 1.807) is 0 Å². The van der Waals surface area contributed by atoms with Crippen LogP contribution in [0.2, 0.25) is 0 Å². The third kappa shape index (κ3) is 6.36. The van der Waals surface area contributed by atoms with Gasteiger partial charge in [-0.25, -0.2) is 0 Å². The fraction of sp³-hybridized carbons (Fsp3) is 0.292. The molecule has 0 bridgehead atoms. The lowest BCUT2D eigenvalue weighted by Crippen LogP contribution is -2.01. The molecule has 0 unspecified atom stereocenters. The second-order valence-electron chi connectivity index (χ2n) is 6.52. The Hall–Kier alpha value is -2.61. The topological polar surface area (TPSA) is 26.3 Å². The number of benzene rings is 2. The monoisotopic (exact) mass is 348 g/mol. The Kier molecular flexibility index (Phi) is 7.88. The fourth-order valence-corrected chi connectivity index (χ4v) is 2.53. The average Bonchev–Trinajstić information content (AvgIpc) is 2.68. The smallest absolute Gasteiger partial charge is 0.193 e. The predicted molar refractivity (Wildman–Crippen MR) is 109 cm³/mol. The third-order valence-electron chi connectivity index (χ3n) is 4.42. The lowest BCUT2D eigenvalue weighted by atomic mass is 10.0. The summed E-state index contributed by atoms with van der Waals surface area (Å²) in [5.74, 6) is 0.809. The number of carbonyl (C=O) groups is 1. The summed E-state index contributed by atoms with van der Waals surface area (Å²) < 4.78 is 5.76. The lowest BCUT2D eigenvalue weighted by Gasteiger charge is -2.06. The molecule has 0 atom stereocenters. The Morgan fingerprint density at radius 1 is 0.885 bits per heavy atom. The molecule has 0 aromatic heterocycles. The molecule has 0 saturated heterocycles. The first-order chi connectivity index (χ1) is 12.6. The van der Waals surface area contributed by atoms with Crippen molar-refractivity contribution in [1.29, 1.82) is 0 Å². The molecule has 2 heteroatoms. The first-order valence-corrected chi connectivity index (χ1v) is 9.24. The van der Waals surface area contributed by atoms with Crippen molar-refractivity contribution in [1.82, 2.24) is 0 Å². The molecule has 0 radical (unpaired) electrons. The molecule has 26 heavy (non-hydrogen) atoms. The Labute approximate surface area is 157 Å². The van der Waals surface area contributed by atoms with Gasteiger partial charge in [-0.15, -0.1) is 0 Å². The van der Waals surface area contributed by atoms with E-state index in [1.807, 2.05) is 54.6 Å². The number of rotatable bonds is 9. The summed E-state index contributed by atoms with van der Waals surface area (Å²) in [7, 11) is 0. The Morgan fingerprint density at radius 3 is 2.19 bits per heavy atom. The molecule has 136 valence electrons. The van der Waals surface area contributed by atoms with E-state index in [0.29, 0.717) is 17.7 Å². The van der Waals surface area contributed by atoms with E-state index in [9.17, 15) is 4.79 Å². The summed E-state index contributed by atoms with van der Waals surface area (Å²) in [5, 5.41) is 0. The van der Waals surface area contributed by atoms with Gasteiger partial charge in [-0.05, 0) is 63.5 Å². The Balaban J connectivity index is 1.84. The lowest BCUT2D eigenvalue weighted by molar-refractivity contribution is 0.103. The van der Waals surface area contributed by atoms with Gasteiger partial charge in [-0.2, -0.15) is 0 Å². The van der Waals surface area contributed by atoms with Crippen molar-refractivity contribution < 1.29 is 9.53 Å². The van der Waals surface area contributed by atoms with Crippen LogP contribution in [0.4, 0.5) is 0 Å². The molecule has 0 aliphatic carbocycles. The molecule has 0 fully saturated rings. The van der Waals surface area contributed by atoms with Crippen LogP contribution in [0.1, 0.15) is 56.0 Å². The largest absolute Gasteiger partial charge is 0.490 e. The third-order valence-corrected chi connectivity index (χ3v) is 4.42. The van der Waals surface area contributed by atoms with Crippen molar-refractivity contribution >= 4 is 5.78 Å². The molecule has 0 spiro atoms. The van der Waals surface area contributed by atoms with Crippen molar-refractivity contribution in [3.8, 4) is 5.75 Å². The van der Waals surface area contributed by atoms with Crippen molar-refractivity contribution in [2.45, 2.75) is 40.0 Å². The summed E-state index contributed by atoms with van der Waals surface area (Å²) in [6, 6.07) is 16.7. The molecule has 0 aliphatic heterocycles. The second-order valence-corrected chi connectivity index (χ2v) is 6.52. The summed E-state index contributed by atoms with van der Waals surface area (Å²) in [5.41, 5.74) is 4.15. The summed E-state index contributed by atoms with van der Waals surface area (Å²) >= 11 is 0. The molecule has 2 aromatic carbocycles. The van der Waals surface area contributed by atoms with Gasteiger partial charge in [-0.3, -0.25) is 4.79 Å². The number of ether oxygens (including phenoxy) is 1. The first-order valence-electron chi connectivity index (χ1n) is 9.24. The predicted octanol–water partition coefficient (Wildman–Crippen LogP) is 6.38. The number of ketones is 1. The summed E-state index contributed by atoms with van der Waals surface area (Å²) in [4.78, 5) is 12.4. The fourth-order valence-electron chi connectivity index (χ4n) is 2.53. The highest BCUT2D eigenvalue weighted by Gasteiger charge is 2.08. The van der Waals surface area contributed by atoms with E-state index in [1.165, 1.54) is 11.1 Å². The van der Waals surface area contributed by atoms with Gasteiger partial charge < -0.3 is 4.74 Å². The first kappa shape index (κ1) is 19.7. The van der Waals surface area contributed by atoms with Crippen LogP contribution in [0, 0.1) is 0 Å². The molecular weight excluding hydrogens is 320 g/mol. The van der Waals surface area contributed by atoms with Crippen molar-refractivity contribution in [2.75, 3.05) is 6.61 Å². The van der Waals surface area contributed by atoms with Gasteiger partial charge in [0, 0.05) is 11.1 Å². The molecule has 2 aromatic rings. The van der Waals surface area contributed by atoms with Gasteiger partial charge in [0.05, 0.1) is 0 Å². The van der Waals surface area contributed by atoms with Gasteiger partial charge in [-0.1, -0.05) is 54.5 Å². The van der Waals surface area contributed by atoms with Gasteiger partial charge >= 0.3 is 0 Å². The maximum Gasteiger partial charge on any atom is 0.193 e. The minimum absolute atomic E-state index is 0.0308. The van der Waals surface area contributed by atoms with Crippen molar-refractivity contribution in [3.63, 3.8) is 0 Å². The van der Waals surface area contributed by atoms with Gasteiger partial charge in [0.1, 0.15) is 12.4 Å². The van der Waals surface area contributed by atoms with Crippen LogP contribution < -0.4 is 4.74 Å². The zero-order valence-electron chi connectivity index (χ0n) is 16.0. The van der Waals surface area contributed by atoms with Crippen LogP contribution >= 0.6 is 0 Å². The molecular formula is C24H28O2. The maximum absolute atomic E-state index is 12.4. The molecule has 0 saturated carbocycles. The van der Waals surface area contributed by atoms with Crippen LogP contribution in [-0.4, -0.2) is 12.4 Å². The molecule has 2 nitrogen and oxygen atoms in total. The Bertz CT molecular complexity index is 753. The van der Waals surface area contributed by atoms with Gasteiger partial charge in [0.2, 0.25) is 0 Å². The van der Waals surface area contributed by atoms with Crippen LogP contribution in [0.3, 0.4) is 0 Å². The van der Waals surface area contributed by atoms with Gasteiger partial charge in [0.15, 0.2) is 5.78 Å². The molecule has 2 rings (SSSR count). The molecule has 0 aliphatic rings. The van der Waals surface area contributed by atoms with Crippen LogP contribution in [0.15, 0.2) is 77.9 Å². The van der Waals surface area contributed by atoms with E-state index in [-0.39, 0.29) is 5.78 Å². The minimum Gasteiger partial charge on any atom is -0.490 e. The highest BCUT2D eigenvalue weighted by Crippen LogP contribution is 2.16. The number of hydrogen-bond acceptors (Lipinski definition) is 2. The zero-order valence-corrected chi connectivity index (χ0v) is 16.0. The van der Waals surface area contributed by atoms with Crippen LogP contribution in [0.25, 0.3) is 0 Å². The number of allylic oxidation sites excluding steroid dienone is 3. The zero-order chi connectivity index (χ0) is 18.8. The Morgan fingerprint density at radius 2 is 1.54 bits per heavy atom. The van der Waals surface area contributed by atoms with E-state index >= 15 is 0 Å². The van der Waals surface area contributed by atoms with Crippen molar-refractivity contribution in [3.05, 3.63) is 89.0 Å². The second kappa shape index (κ2) is 10.4. The number of carbonyl (C=O) groups excluding carboxylic acids is 1. The molecule has 0 amide bonds. The van der Waals surface area contributed by atoms with Crippen molar-refractivity contribution in [2.24, 2.45) is 0 Å². The van der Waals surface area contributed by atoms with Crippen LogP contribution in [0.5, 0.6) is 5.75 Å². The highest BCUT2D eigenvalue weighted by atomic mass is 16.5. The molecule has 0 heterocycles. The SMILES string of the molecule is CCC(C)=CCCC(C)=CCOc1ccc(C(=O)c2ccccc2)cc1. The van der Waals surface area contributed by atoms with Gasteiger partial charge in [0.25, 0.3) is 0 Å². The average molecular weight is 348 g/mol. The van der Waals surface area contributed by atoms with E-state index in [0.717, 1.165) is 25.0 Å². The minimum atomic E-state index is 0.0308. The van der Waals surface area contributed by atoms with E-state index < -0.39 is 0 Å². The highest BCUT2D eigenvalue weighted by molar-refractivity contribution is 6.08. The maximum atomic E-state index is 12.4. The quantitative estimate of drug-likeness (QED) is 0.388. The van der Waals surface area contributed by atoms with E-state index in [2.05, 4.69) is 32.9 Å². The number of hydrogen-bond donors (Lipinski definition) is 0. The summed E-state index contributed by atoms with van der Waals surface area (Å²) in [6.07, 6.45) is 7.69. The van der Waals surface area contributed by atoms with E-state index in [4.69, 9.17) is 4.74 Å². The normalized spacial score (nSPS) is 12.1. The summed E-state index contributed by atoms with van der Waals surface area (Å²) in [6.45, 7) is 7.05. The molecule has 0 N–H and O–H groups in total. The standard InChI is InChI=1S/C24H28O2/c1-4-19(2)9-8-10-20(3)17-18-26-23-15-13-22(14-16-23)24(25)21-11-6-5-7-12-21/h5-7,9,11-17H,4,8,10,18H2,1-3H3. The van der Waals surface area contributed by atoms with Crippen LogP contribution in [-0.2, 0) is 0 Å².